The van der Waals surface area contributed by atoms with E-state index in [2.05, 4.69) is 17.4 Å². The minimum atomic E-state index is -0.778. The first kappa shape index (κ1) is 14.6. The molecule has 1 aromatic rings. The number of carboxylic acids is 1. The first-order valence-corrected chi connectivity index (χ1v) is 7.12. The molecule has 20 heavy (non-hydrogen) atoms. The maximum Gasteiger partial charge on any atom is 0.306 e. The number of hydrogen-bond acceptors (Lipinski definition) is 2. The number of amides is 1. The summed E-state index contributed by atoms with van der Waals surface area (Å²) in [6, 6.07) is 8.23. The van der Waals surface area contributed by atoms with E-state index in [4.69, 9.17) is 5.11 Å². The second-order valence-electron chi connectivity index (χ2n) is 5.58. The quantitative estimate of drug-likeness (QED) is 0.865. The van der Waals surface area contributed by atoms with Crippen molar-refractivity contribution in [2.24, 2.45) is 11.8 Å². The molecule has 108 valence electrons. The Kier molecular flexibility index (Phi) is 4.77. The number of carbonyl (C=O) groups excluding carboxylic acids is 1. The van der Waals surface area contributed by atoms with Gasteiger partial charge in [0.1, 0.15) is 0 Å². The molecule has 1 aliphatic carbocycles. The van der Waals surface area contributed by atoms with Crippen LogP contribution >= 0.6 is 0 Å². The van der Waals surface area contributed by atoms with E-state index in [1.54, 1.807) is 0 Å². The highest BCUT2D eigenvalue weighted by Crippen LogP contribution is 2.31. The Balaban J connectivity index is 1.75. The SMILES string of the molecule is Cc1cccc(CCNC(=O)C2CCC(C(=O)O)C2)c1. The van der Waals surface area contributed by atoms with Crippen LogP contribution in [-0.2, 0) is 16.0 Å². The molecule has 1 amide bonds. The first-order valence-electron chi connectivity index (χ1n) is 7.12. The molecule has 0 bridgehead atoms. The molecule has 0 aromatic heterocycles. The van der Waals surface area contributed by atoms with Gasteiger partial charge in [0.2, 0.25) is 5.91 Å². The normalized spacial score (nSPS) is 21.6. The third-order valence-corrected chi connectivity index (χ3v) is 3.95. The highest BCUT2D eigenvalue weighted by atomic mass is 16.4. The zero-order chi connectivity index (χ0) is 14.5. The number of aryl methyl sites for hydroxylation is 1. The standard InChI is InChI=1S/C16H21NO3/c1-11-3-2-4-12(9-11)7-8-17-15(18)13-5-6-14(10-13)16(19)20/h2-4,9,13-14H,5-8,10H2,1H3,(H,17,18)(H,19,20). The molecule has 0 aliphatic heterocycles. The summed E-state index contributed by atoms with van der Waals surface area (Å²) in [4.78, 5) is 22.8. The number of rotatable bonds is 5. The van der Waals surface area contributed by atoms with Gasteiger partial charge >= 0.3 is 5.97 Å². The lowest BCUT2D eigenvalue weighted by molar-refractivity contribution is -0.141. The highest BCUT2D eigenvalue weighted by Gasteiger charge is 2.33. The van der Waals surface area contributed by atoms with Crippen molar-refractivity contribution in [2.75, 3.05) is 6.54 Å². The molecule has 2 N–H and O–H groups in total. The van der Waals surface area contributed by atoms with E-state index in [9.17, 15) is 9.59 Å². The van der Waals surface area contributed by atoms with Gasteiger partial charge in [0.05, 0.1) is 5.92 Å². The van der Waals surface area contributed by atoms with Crippen LogP contribution < -0.4 is 5.32 Å². The first-order chi connectivity index (χ1) is 9.56. The molecular formula is C16H21NO3. The van der Waals surface area contributed by atoms with E-state index in [1.165, 1.54) is 11.1 Å². The van der Waals surface area contributed by atoms with Crippen LogP contribution in [0.15, 0.2) is 24.3 Å². The van der Waals surface area contributed by atoms with Crippen molar-refractivity contribution in [3.8, 4) is 0 Å². The maximum absolute atomic E-state index is 12.0. The van der Waals surface area contributed by atoms with Gasteiger partial charge in [-0.3, -0.25) is 9.59 Å². The molecule has 2 rings (SSSR count). The largest absolute Gasteiger partial charge is 0.481 e. The summed E-state index contributed by atoms with van der Waals surface area (Å²) in [5, 5.41) is 11.9. The zero-order valence-corrected chi connectivity index (χ0v) is 11.8. The van der Waals surface area contributed by atoms with Gasteiger partial charge in [-0.2, -0.15) is 0 Å². The molecule has 0 heterocycles. The van der Waals surface area contributed by atoms with Crippen LogP contribution in [0.4, 0.5) is 0 Å². The lowest BCUT2D eigenvalue weighted by Gasteiger charge is -2.11. The highest BCUT2D eigenvalue weighted by molar-refractivity contribution is 5.80. The smallest absolute Gasteiger partial charge is 0.306 e. The molecule has 4 heteroatoms. The van der Waals surface area contributed by atoms with Crippen molar-refractivity contribution >= 4 is 11.9 Å². The van der Waals surface area contributed by atoms with Gasteiger partial charge in [-0.25, -0.2) is 0 Å². The Morgan fingerprint density at radius 1 is 1.30 bits per heavy atom. The van der Waals surface area contributed by atoms with Gasteiger partial charge in [-0.05, 0) is 38.2 Å². The topological polar surface area (TPSA) is 66.4 Å². The molecule has 0 radical (unpaired) electrons. The fourth-order valence-corrected chi connectivity index (χ4v) is 2.79. The van der Waals surface area contributed by atoms with Crippen molar-refractivity contribution < 1.29 is 14.7 Å². The number of benzene rings is 1. The summed E-state index contributed by atoms with van der Waals surface area (Å²) in [5.41, 5.74) is 2.43. The number of aliphatic carboxylic acids is 1. The Bertz CT molecular complexity index is 498. The average Bonchev–Trinajstić information content (AvgIpc) is 2.88. The van der Waals surface area contributed by atoms with E-state index in [0.29, 0.717) is 25.8 Å². The molecule has 0 saturated heterocycles. The van der Waals surface area contributed by atoms with Crippen LogP contribution in [0.2, 0.25) is 0 Å². The molecular weight excluding hydrogens is 254 g/mol. The van der Waals surface area contributed by atoms with Gasteiger partial charge in [0.15, 0.2) is 0 Å². The molecule has 2 atom stereocenters. The van der Waals surface area contributed by atoms with E-state index >= 15 is 0 Å². The Morgan fingerprint density at radius 2 is 2.05 bits per heavy atom. The fourth-order valence-electron chi connectivity index (χ4n) is 2.79. The third-order valence-electron chi connectivity index (χ3n) is 3.95. The van der Waals surface area contributed by atoms with Crippen molar-refractivity contribution in [3.05, 3.63) is 35.4 Å². The summed E-state index contributed by atoms with van der Waals surface area (Å²) in [7, 11) is 0. The number of nitrogens with one attached hydrogen (secondary N) is 1. The monoisotopic (exact) mass is 275 g/mol. The van der Waals surface area contributed by atoms with Gasteiger partial charge in [0.25, 0.3) is 0 Å². The van der Waals surface area contributed by atoms with Crippen molar-refractivity contribution in [2.45, 2.75) is 32.6 Å². The summed E-state index contributed by atoms with van der Waals surface area (Å²) < 4.78 is 0. The minimum Gasteiger partial charge on any atom is -0.481 e. The summed E-state index contributed by atoms with van der Waals surface area (Å²) in [6.07, 6.45) is 2.59. The lowest BCUT2D eigenvalue weighted by atomic mass is 10.0. The van der Waals surface area contributed by atoms with E-state index < -0.39 is 5.97 Å². The Hall–Kier alpha value is -1.84. The number of hydrogen-bond donors (Lipinski definition) is 2. The van der Waals surface area contributed by atoms with Crippen LogP contribution in [0.3, 0.4) is 0 Å². The minimum absolute atomic E-state index is 0.00130. The van der Waals surface area contributed by atoms with Crippen LogP contribution in [0.1, 0.15) is 30.4 Å². The Labute approximate surface area is 119 Å². The third kappa shape index (κ3) is 3.83. The van der Waals surface area contributed by atoms with Crippen LogP contribution in [0.5, 0.6) is 0 Å². The average molecular weight is 275 g/mol. The zero-order valence-electron chi connectivity index (χ0n) is 11.8. The maximum atomic E-state index is 12.0. The second kappa shape index (κ2) is 6.55. The fraction of sp³-hybridized carbons (Fsp3) is 0.500. The predicted octanol–water partition coefficient (Wildman–Crippen LogP) is 2.15. The van der Waals surface area contributed by atoms with Crippen molar-refractivity contribution in [1.29, 1.82) is 0 Å². The van der Waals surface area contributed by atoms with E-state index in [1.807, 2.05) is 19.1 Å². The van der Waals surface area contributed by atoms with Crippen molar-refractivity contribution in [1.82, 2.24) is 5.32 Å². The lowest BCUT2D eigenvalue weighted by Crippen LogP contribution is -2.31. The van der Waals surface area contributed by atoms with Crippen LogP contribution in [0.25, 0.3) is 0 Å². The molecule has 1 aromatic carbocycles. The molecule has 1 saturated carbocycles. The number of carbonyl (C=O) groups is 2. The molecule has 0 spiro atoms. The van der Waals surface area contributed by atoms with Gasteiger partial charge in [0, 0.05) is 12.5 Å². The van der Waals surface area contributed by atoms with Gasteiger partial charge < -0.3 is 10.4 Å². The van der Waals surface area contributed by atoms with Gasteiger partial charge in [-0.1, -0.05) is 29.8 Å². The summed E-state index contributed by atoms with van der Waals surface area (Å²) in [6.45, 7) is 2.66. The molecule has 2 unspecified atom stereocenters. The Morgan fingerprint density at radius 3 is 2.70 bits per heavy atom. The van der Waals surface area contributed by atoms with Gasteiger partial charge in [-0.15, -0.1) is 0 Å². The summed E-state index contributed by atoms with van der Waals surface area (Å²) >= 11 is 0. The molecule has 4 nitrogen and oxygen atoms in total. The predicted molar refractivity (Wildman–Crippen MR) is 76.4 cm³/mol. The summed E-state index contributed by atoms with van der Waals surface area (Å²) in [5.74, 6) is -1.25. The molecule has 1 fully saturated rings. The molecule has 1 aliphatic rings. The van der Waals surface area contributed by atoms with E-state index in [-0.39, 0.29) is 17.7 Å². The number of carboxylic acid groups (broad SMARTS) is 1. The van der Waals surface area contributed by atoms with Crippen LogP contribution in [-0.4, -0.2) is 23.5 Å². The van der Waals surface area contributed by atoms with E-state index in [0.717, 1.165) is 6.42 Å². The second-order valence-corrected chi connectivity index (χ2v) is 5.58. The van der Waals surface area contributed by atoms with Crippen molar-refractivity contribution in [3.63, 3.8) is 0 Å². The van der Waals surface area contributed by atoms with Crippen LogP contribution in [0, 0.1) is 18.8 Å².